The average molecular weight is 426 g/mol. The van der Waals surface area contributed by atoms with Crippen LogP contribution in [0.3, 0.4) is 0 Å². The first-order valence-electron chi connectivity index (χ1n) is 9.93. The monoisotopic (exact) mass is 426 g/mol. The molecule has 8 nitrogen and oxygen atoms in total. The highest BCUT2D eigenvalue weighted by molar-refractivity contribution is 6.62. The molecule has 0 bridgehead atoms. The number of anilines is 1. The van der Waals surface area contributed by atoms with Gasteiger partial charge in [-0.2, -0.15) is 0 Å². The molecule has 1 saturated heterocycles. The van der Waals surface area contributed by atoms with Crippen molar-refractivity contribution in [1.29, 1.82) is 0 Å². The lowest BCUT2D eigenvalue weighted by molar-refractivity contribution is 0.00578. The van der Waals surface area contributed by atoms with Crippen molar-refractivity contribution in [2.24, 2.45) is 0 Å². The van der Waals surface area contributed by atoms with Gasteiger partial charge in [0, 0.05) is 11.3 Å². The summed E-state index contributed by atoms with van der Waals surface area (Å²) in [5.74, 6) is -0.390. The van der Waals surface area contributed by atoms with Crippen LogP contribution in [0.15, 0.2) is 48.5 Å². The van der Waals surface area contributed by atoms with Crippen LogP contribution in [-0.2, 0) is 25.5 Å². The maximum Gasteiger partial charge on any atom is 0.494 e. The van der Waals surface area contributed by atoms with Gasteiger partial charge in [0.15, 0.2) is 0 Å². The number of ether oxygens (including phenoxy) is 1. The van der Waals surface area contributed by atoms with Crippen LogP contribution in [0.5, 0.6) is 0 Å². The molecule has 0 atom stereocenters. The second-order valence-corrected chi connectivity index (χ2v) is 8.24. The van der Waals surface area contributed by atoms with E-state index >= 15 is 0 Å². The number of nitrogens with one attached hydrogen (secondary N) is 2. The van der Waals surface area contributed by atoms with E-state index in [1.807, 2.05) is 52.0 Å². The van der Waals surface area contributed by atoms with E-state index in [0.717, 1.165) is 11.0 Å². The lowest BCUT2D eigenvalue weighted by Crippen LogP contribution is -2.41. The van der Waals surface area contributed by atoms with Crippen molar-refractivity contribution in [2.75, 3.05) is 12.4 Å². The lowest BCUT2D eigenvalue weighted by atomic mass is 9.79. The van der Waals surface area contributed by atoms with E-state index < -0.39 is 30.3 Å². The summed E-state index contributed by atoms with van der Waals surface area (Å²) in [6.45, 7) is 8.27. The number of hydrogen-bond donors (Lipinski definition) is 2. The molecule has 1 aliphatic rings. The van der Waals surface area contributed by atoms with Crippen LogP contribution in [0.2, 0.25) is 0 Å². The van der Waals surface area contributed by atoms with Crippen molar-refractivity contribution in [2.45, 2.75) is 45.5 Å². The summed E-state index contributed by atoms with van der Waals surface area (Å²) in [5.41, 5.74) is 4.35. The smallest absolute Gasteiger partial charge is 0.453 e. The molecule has 2 aromatic carbocycles. The van der Waals surface area contributed by atoms with Crippen LogP contribution in [0.25, 0.3) is 0 Å². The second kappa shape index (κ2) is 9.09. The minimum absolute atomic E-state index is 0.206. The molecule has 2 aromatic rings. The van der Waals surface area contributed by atoms with Gasteiger partial charge in [0.05, 0.1) is 24.9 Å². The Hall–Kier alpha value is -2.88. The molecule has 0 radical (unpaired) electrons. The summed E-state index contributed by atoms with van der Waals surface area (Å²) in [4.78, 5) is 28.7. The number of carbonyl (C=O) groups excluding carboxylic acids is 2. The zero-order chi connectivity index (χ0) is 22.6. The Bertz CT molecular complexity index is 912. The van der Waals surface area contributed by atoms with Crippen molar-refractivity contribution in [3.63, 3.8) is 0 Å². The third-order valence-corrected chi connectivity index (χ3v) is 5.49. The van der Waals surface area contributed by atoms with E-state index in [9.17, 15) is 9.59 Å². The van der Waals surface area contributed by atoms with Crippen LogP contribution in [0, 0.1) is 0 Å². The molecule has 1 fully saturated rings. The third kappa shape index (κ3) is 5.44. The largest absolute Gasteiger partial charge is 0.494 e. The Morgan fingerprint density at radius 1 is 0.935 bits per heavy atom. The van der Waals surface area contributed by atoms with Gasteiger partial charge in [-0.3, -0.25) is 14.9 Å². The summed E-state index contributed by atoms with van der Waals surface area (Å²) >= 11 is 0. The van der Waals surface area contributed by atoms with Gasteiger partial charge in [0.25, 0.3) is 5.91 Å². The van der Waals surface area contributed by atoms with Crippen LogP contribution in [0.4, 0.5) is 10.5 Å². The van der Waals surface area contributed by atoms with E-state index in [-0.39, 0.29) is 6.61 Å². The number of hydroxylamine groups is 1. The van der Waals surface area contributed by atoms with Gasteiger partial charge >= 0.3 is 13.2 Å². The Morgan fingerprint density at radius 2 is 1.52 bits per heavy atom. The maximum atomic E-state index is 12.2. The van der Waals surface area contributed by atoms with Gasteiger partial charge < -0.3 is 14.0 Å². The molecule has 0 saturated carbocycles. The minimum atomic E-state index is -0.579. The number of carbonyl (C=O) groups is 2. The SMILES string of the molecule is COC(=O)Nc1ccc(C(=O)NOCc2ccc(B3OC(C)(C)C(C)(C)O3)cc2)cc1. The number of methoxy groups -OCH3 is 1. The van der Waals surface area contributed by atoms with Crippen molar-refractivity contribution in [1.82, 2.24) is 5.48 Å². The highest BCUT2D eigenvalue weighted by Crippen LogP contribution is 2.36. The van der Waals surface area contributed by atoms with Gasteiger partial charge in [-0.25, -0.2) is 10.3 Å². The van der Waals surface area contributed by atoms with Gasteiger partial charge in [-0.05, 0) is 63.0 Å². The Labute approximate surface area is 182 Å². The van der Waals surface area contributed by atoms with Crippen molar-refractivity contribution in [3.05, 3.63) is 59.7 Å². The molecule has 1 aliphatic heterocycles. The molecule has 0 aliphatic carbocycles. The molecule has 2 N–H and O–H groups in total. The molecule has 1 heterocycles. The fourth-order valence-corrected chi connectivity index (χ4v) is 2.87. The van der Waals surface area contributed by atoms with Gasteiger partial charge in [0.2, 0.25) is 0 Å². The molecule has 31 heavy (non-hydrogen) atoms. The zero-order valence-electron chi connectivity index (χ0n) is 18.4. The van der Waals surface area contributed by atoms with Crippen molar-refractivity contribution in [3.8, 4) is 0 Å². The van der Waals surface area contributed by atoms with E-state index in [1.165, 1.54) is 7.11 Å². The fraction of sp³-hybridized carbons (Fsp3) is 0.364. The number of hydrogen-bond acceptors (Lipinski definition) is 6. The van der Waals surface area contributed by atoms with Crippen LogP contribution in [0.1, 0.15) is 43.6 Å². The van der Waals surface area contributed by atoms with Gasteiger partial charge in [-0.15, -0.1) is 0 Å². The summed E-state index contributed by atoms with van der Waals surface area (Å²) in [5, 5.41) is 2.51. The van der Waals surface area contributed by atoms with E-state index in [0.29, 0.717) is 11.3 Å². The lowest BCUT2D eigenvalue weighted by Gasteiger charge is -2.32. The van der Waals surface area contributed by atoms with Crippen molar-refractivity contribution < 1.29 is 28.5 Å². The van der Waals surface area contributed by atoms with E-state index in [2.05, 4.69) is 15.5 Å². The highest BCUT2D eigenvalue weighted by atomic mass is 16.7. The molecule has 9 heteroatoms. The topological polar surface area (TPSA) is 95.1 Å². The summed E-state index contributed by atoms with van der Waals surface area (Å²) < 4.78 is 16.6. The standard InChI is InChI=1S/C22H27BN2O6/c1-21(2)22(3,4)31-23(30-21)17-10-6-15(7-11-17)14-29-25-19(26)16-8-12-18(13-9-16)24-20(27)28-5/h6-13H,14H2,1-5H3,(H,24,27)(H,25,26). The van der Waals surface area contributed by atoms with Crippen LogP contribution in [-0.4, -0.2) is 37.4 Å². The van der Waals surface area contributed by atoms with E-state index in [1.54, 1.807) is 24.3 Å². The number of rotatable bonds is 6. The molecule has 164 valence electrons. The van der Waals surface area contributed by atoms with Gasteiger partial charge in [0.1, 0.15) is 0 Å². The average Bonchev–Trinajstić information content (AvgIpc) is 2.96. The Kier molecular flexibility index (Phi) is 6.69. The van der Waals surface area contributed by atoms with Gasteiger partial charge in [-0.1, -0.05) is 24.3 Å². The first-order chi connectivity index (χ1) is 14.6. The Balaban J connectivity index is 1.49. The molecule has 0 aromatic heterocycles. The van der Waals surface area contributed by atoms with E-state index in [4.69, 9.17) is 14.1 Å². The molecule has 0 spiro atoms. The zero-order valence-corrected chi connectivity index (χ0v) is 18.4. The molecule has 3 rings (SSSR count). The summed E-state index contributed by atoms with van der Waals surface area (Å²) in [6.07, 6.45) is -0.579. The Morgan fingerprint density at radius 3 is 2.06 bits per heavy atom. The van der Waals surface area contributed by atoms with Crippen LogP contribution < -0.4 is 16.3 Å². The fourth-order valence-electron chi connectivity index (χ4n) is 2.87. The van der Waals surface area contributed by atoms with Crippen molar-refractivity contribution >= 4 is 30.3 Å². The van der Waals surface area contributed by atoms with Crippen LogP contribution >= 0.6 is 0 Å². The summed E-state index contributed by atoms with van der Waals surface area (Å²) in [6, 6.07) is 14.0. The molecule has 2 amide bonds. The molecule has 0 unspecified atom stereocenters. The third-order valence-electron chi connectivity index (χ3n) is 5.49. The molecular formula is C22H27BN2O6. The predicted octanol–water partition coefficient (Wildman–Crippen LogP) is 3.03. The summed E-state index contributed by atoms with van der Waals surface area (Å²) in [7, 11) is 0.857. The first kappa shape index (κ1) is 22.8. The predicted molar refractivity (Wildman–Crippen MR) is 117 cm³/mol. The first-order valence-corrected chi connectivity index (χ1v) is 9.93. The quantitative estimate of drug-likeness (QED) is 0.545. The number of amides is 2. The maximum absolute atomic E-state index is 12.2. The molecular weight excluding hydrogens is 399 g/mol. The number of benzene rings is 2. The highest BCUT2D eigenvalue weighted by Gasteiger charge is 2.51. The normalized spacial score (nSPS) is 16.6. The second-order valence-electron chi connectivity index (χ2n) is 8.24. The minimum Gasteiger partial charge on any atom is -0.453 e.